The number of benzene rings is 1. The van der Waals surface area contributed by atoms with E-state index >= 15 is 0 Å². The molecule has 0 aliphatic heterocycles. The minimum Gasteiger partial charge on any atom is -0.356 e. The second-order valence-electron chi connectivity index (χ2n) is 5.03. The zero-order valence-corrected chi connectivity index (χ0v) is 15.6. The van der Waals surface area contributed by atoms with Crippen molar-refractivity contribution in [2.24, 2.45) is 4.99 Å². The number of aromatic nitrogens is 1. The van der Waals surface area contributed by atoms with Gasteiger partial charge in [0.25, 0.3) is 0 Å². The molecule has 0 atom stereocenters. The molecule has 2 N–H and O–H groups in total. The van der Waals surface area contributed by atoms with Crippen LogP contribution in [-0.4, -0.2) is 31.1 Å². The highest BCUT2D eigenvalue weighted by Gasteiger charge is 2.04. The number of halogens is 2. The lowest BCUT2D eigenvalue weighted by Gasteiger charge is -2.11. The first-order valence-electron chi connectivity index (χ1n) is 7.38. The van der Waals surface area contributed by atoms with E-state index in [1.54, 1.807) is 30.5 Å². The number of guanidine groups is 1. The van der Waals surface area contributed by atoms with Gasteiger partial charge in [0.1, 0.15) is 5.82 Å². The van der Waals surface area contributed by atoms with E-state index in [9.17, 15) is 4.39 Å². The molecule has 7 heteroatoms. The fraction of sp³-hybridized carbons (Fsp3) is 0.375. The van der Waals surface area contributed by atoms with E-state index in [0.29, 0.717) is 24.5 Å². The van der Waals surface area contributed by atoms with Crippen LogP contribution >= 0.6 is 27.3 Å². The average Bonchev–Trinajstić information content (AvgIpc) is 2.94. The quantitative estimate of drug-likeness (QED) is 0.579. The topological polar surface area (TPSA) is 49.3 Å². The van der Waals surface area contributed by atoms with Crippen molar-refractivity contribution < 1.29 is 4.39 Å². The monoisotopic (exact) mass is 398 g/mol. The minimum atomic E-state index is -0.183. The van der Waals surface area contributed by atoms with Crippen molar-refractivity contribution in [2.75, 3.05) is 20.1 Å². The third-order valence-corrected chi connectivity index (χ3v) is 4.68. The van der Waals surface area contributed by atoms with Gasteiger partial charge in [-0.05, 0) is 37.1 Å². The van der Waals surface area contributed by atoms with Crippen LogP contribution in [0.2, 0.25) is 0 Å². The molecule has 0 aliphatic carbocycles. The molecule has 2 rings (SSSR count). The zero-order chi connectivity index (χ0) is 16.7. The molecule has 0 saturated carbocycles. The lowest BCUT2D eigenvalue weighted by molar-refractivity contribution is 0.606. The molecule has 0 unspecified atom stereocenters. The second kappa shape index (κ2) is 8.98. The Kier molecular flexibility index (Phi) is 6.98. The minimum absolute atomic E-state index is 0.183. The summed E-state index contributed by atoms with van der Waals surface area (Å²) < 4.78 is 14.6. The van der Waals surface area contributed by atoms with Gasteiger partial charge in [0.05, 0.1) is 5.01 Å². The van der Waals surface area contributed by atoms with E-state index in [2.05, 4.69) is 43.5 Å². The van der Waals surface area contributed by atoms with Gasteiger partial charge in [0, 0.05) is 42.1 Å². The third kappa shape index (κ3) is 5.91. The summed E-state index contributed by atoms with van der Waals surface area (Å²) in [6.07, 6.45) is 3.34. The van der Waals surface area contributed by atoms with Gasteiger partial charge in [-0.1, -0.05) is 15.9 Å². The highest BCUT2D eigenvalue weighted by Crippen LogP contribution is 2.15. The average molecular weight is 399 g/mol. The first-order chi connectivity index (χ1) is 11.1. The van der Waals surface area contributed by atoms with Crippen LogP contribution in [0, 0.1) is 12.7 Å². The van der Waals surface area contributed by atoms with Gasteiger partial charge in [0.2, 0.25) is 0 Å². The number of hydrogen-bond acceptors (Lipinski definition) is 3. The summed E-state index contributed by atoms with van der Waals surface area (Å²) in [4.78, 5) is 9.72. The van der Waals surface area contributed by atoms with E-state index in [-0.39, 0.29) is 5.82 Å². The van der Waals surface area contributed by atoms with Crippen LogP contribution in [0.5, 0.6) is 0 Å². The Labute approximate surface area is 148 Å². The van der Waals surface area contributed by atoms with Gasteiger partial charge in [-0.15, -0.1) is 11.3 Å². The van der Waals surface area contributed by atoms with Gasteiger partial charge in [-0.25, -0.2) is 9.37 Å². The number of rotatable bonds is 6. The molecular weight excluding hydrogens is 379 g/mol. The van der Waals surface area contributed by atoms with Crippen molar-refractivity contribution in [2.45, 2.75) is 19.8 Å². The van der Waals surface area contributed by atoms with Crippen molar-refractivity contribution in [3.8, 4) is 0 Å². The Bertz CT molecular complexity index is 672. The van der Waals surface area contributed by atoms with E-state index in [0.717, 1.165) is 22.4 Å². The fourth-order valence-electron chi connectivity index (χ4n) is 2.08. The molecule has 4 nitrogen and oxygen atoms in total. The fourth-order valence-corrected chi connectivity index (χ4v) is 3.27. The molecule has 23 heavy (non-hydrogen) atoms. The molecular formula is C16H20BrFN4S. The summed E-state index contributed by atoms with van der Waals surface area (Å²) in [5.41, 5.74) is 0.681. The predicted molar refractivity (Wildman–Crippen MR) is 97.7 cm³/mol. The summed E-state index contributed by atoms with van der Waals surface area (Å²) >= 11 is 5.07. The third-order valence-electron chi connectivity index (χ3n) is 3.22. The standard InChI is InChI=1S/C16H20BrFN4S/c1-11-10-22-15(23-11)6-8-21-16(19-2)20-7-5-12-9-13(17)3-4-14(12)18/h3-4,9-10H,5-8H2,1-2H3,(H2,19,20,21). The Morgan fingerprint density at radius 2 is 2.04 bits per heavy atom. The maximum atomic E-state index is 13.7. The molecule has 0 fully saturated rings. The lowest BCUT2D eigenvalue weighted by Crippen LogP contribution is -2.39. The normalized spacial score (nSPS) is 11.6. The lowest BCUT2D eigenvalue weighted by atomic mass is 10.1. The molecule has 0 radical (unpaired) electrons. The maximum Gasteiger partial charge on any atom is 0.191 e. The Morgan fingerprint density at radius 3 is 2.70 bits per heavy atom. The molecule has 0 amide bonds. The maximum absolute atomic E-state index is 13.7. The Balaban J connectivity index is 1.73. The molecule has 0 saturated heterocycles. The van der Waals surface area contributed by atoms with Crippen molar-refractivity contribution in [1.29, 1.82) is 0 Å². The molecule has 0 aliphatic rings. The van der Waals surface area contributed by atoms with Crippen LogP contribution in [0.3, 0.4) is 0 Å². The highest BCUT2D eigenvalue weighted by molar-refractivity contribution is 9.10. The number of nitrogens with zero attached hydrogens (tertiary/aromatic N) is 2. The predicted octanol–water partition coefficient (Wildman–Crippen LogP) is 3.30. The number of aliphatic imine (C=N–C) groups is 1. The molecule has 1 aromatic heterocycles. The first-order valence-corrected chi connectivity index (χ1v) is 8.99. The molecule has 0 spiro atoms. The molecule has 2 aromatic rings. The summed E-state index contributed by atoms with van der Waals surface area (Å²) in [6, 6.07) is 4.98. The summed E-state index contributed by atoms with van der Waals surface area (Å²) in [7, 11) is 1.72. The van der Waals surface area contributed by atoms with E-state index < -0.39 is 0 Å². The van der Waals surface area contributed by atoms with Crippen LogP contribution in [0.4, 0.5) is 4.39 Å². The Hall–Kier alpha value is -1.47. The second-order valence-corrected chi connectivity index (χ2v) is 7.26. The molecule has 124 valence electrons. The number of aryl methyl sites for hydroxylation is 1. The van der Waals surface area contributed by atoms with Crippen LogP contribution in [0.25, 0.3) is 0 Å². The molecule has 0 bridgehead atoms. The van der Waals surface area contributed by atoms with Gasteiger partial charge in [-0.3, -0.25) is 4.99 Å². The van der Waals surface area contributed by atoms with Crippen molar-refractivity contribution in [3.05, 3.63) is 50.1 Å². The van der Waals surface area contributed by atoms with Crippen LogP contribution < -0.4 is 10.6 Å². The van der Waals surface area contributed by atoms with Crippen molar-refractivity contribution >= 4 is 33.2 Å². The van der Waals surface area contributed by atoms with Gasteiger partial charge < -0.3 is 10.6 Å². The summed E-state index contributed by atoms with van der Waals surface area (Å²) in [6.45, 7) is 3.43. The zero-order valence-electron chi connectivity index (χ0n) is 13.2. The smallest absolute Gasteiger partial charge is 0.191 e. The van der Waals surface area contributed by atoms with Gasteiger partial charge in [-0.2, -0.15) is 0 Å². The van der Waals surface area contributed by atoms with Crippen LogP contribution in [-0.2, 0) is 12.8 Å². The van der Waals surface area contributed by atoms with E-state index in [4.69, 9.17) is 0 Å². The first kappa shape index (κ1) is 17.9. The highest BCUT2D eigenvalue weighted by atomic mass is 79.9. The van der Waals surface area contributed by atoms with Crippen molar-refractivity contribution in [3.63, 3.8) is 0 Å². The van der Waals surface area contributed by atoms with E-state index in [1.165, 1.54) is 10.9 Å². The summed E-state index contributed by atoms with van der Waals surface area (Å²) in [5.74, 6) is 0.533. The number of thiazole rings is 1. The Morgan fingerprint density at radius 1 is 1.30 bits per heavy atom. The number of hydrogen-bond donors (Lipinski definition) is 2. The van der Waals surface area contributed by atoms with Crippen LogP contribution in [0.15, 0.2) is 33.9 Å². The van der Waals surface area contributed by atoms with Crippen LogP contribution in [0.1, 0.15) is 15.4 Å². The van der Waals surface area contributed by atoms with Gasteiger partial charge >= 0.3 is 0 Å². The summed E-state index contributed by atoms with van der Waals surface area (Å²) in [5, 5.41) is 7.55. The molecule has 1 aromatic carbocycles. The van der Waals surface area contributed by atoms with Gasteiger partial charge in [0.15, 0.2) is 5.96 Å². The largest absolute Gasteiger partial charge is 0.356 e. The van der Waals surface area contributed by atoms with Crippen molar-refractivity contribution in [1.82, 2.24) is 15.6 Å². The van der Waals surface area contributed by atoms with E-state index in [1.807, 2.05) is 6.20 Å². The number of nitrogens with one attached hydrogen (secondary N) is 2. The molecule has 1 heterocycles. The SMILES string of the molecule is CN=C(NCCc1ncc(C)s1)NCCc1cc(Br)ccc1F.